The smallest absolute Gasteiger partial charge is 0.319 e. The average Bonchev–Trinajstić information content (AvgIpc) is 2.74. The van der Waals surface area contributed by atoms with Crippen LogP contribution in [-0.2, 0) is 0 Å². The highest BCUT2D eigenvalue weighted by molar-refractivity contribution is 6.04. The lowest BCUT2D eigenvalue weighted by atomic mass is 10.1. The van der Waals surface area contributed by atoms with Crippen LogP contribution in [0, 0.1) is 5.82 Å². The van der Waals surface area contributed by atoms with E-state index in [9.17, 15) is 14.0 Å². The van der Waals surface area contributed by atoms with Crippen LogP contribution in [0.4, 0.5) is 20.6 Å². The lowest BCUT2D eigenvalue weighted by Crippen LogP contribution is -2.35. The summed E-state index contributed by atoms with van der Waals surface area (Å²) in [5.74, 6) is -0.772. The van der Waals surface area contributed by atoms with Gasteiger partial charge in [0.2, 0.25) is 0 Å². The number of aromatic nitrogens is 1. The fourth-order valence-electron chi connectivity index (χ4n) is 2.57. The highest BCUT2D eigenvalue weighted by Gasteiger charge is 2.11. The van der Waals surface area contributed by atoms with Gasteiger partial charge in [0.25, 0.3) is 5.91 Å². The van der Waals surface area contributed by atoms with E-state index < -0.39 is 17.9 Å². The van der Waals surface area contributed by atoms with Crippen molar-refractivity contribution in [3.63, 3.8) is 0 Å². The molecule has 5 N–H and O–H groups in total. The zero-order chi connectivity index (χ0) is 20.6. The third-order valence-electron chi connectivity index (χ3n) is 4.14. The van der Waals surface area contributed by atoms with E-state index in [2.05, 4.69) is 20.9 Å². The molecule has 8 heteroatoms. The van der Waals surface area contributed by atoms with Gasteiger partial charge in [-0.2, -0.15) is 0 Å². The Hall–Kier alpha value is -3.78. The highest BCUT2D eigenvalue weighted by Crippen LogP contribution is 2.14. The predicted octanol–water partition coefficient (Wildman–Crippen LogP) is 3.29. The molecule has 0 aliphatic heterocycles. The van der Waals surface area contributed by atoms with Gasteiger partial charge < -0.3 is 21.7 Å². The molecular weight excluding hydrogens is 373 g/mol. The highest BCUT2D eigenvalue weighted by atomic mass is 19.1. The first-order valence-corrected chi connectivity index (χ1v) is 8.89. The van der Waals surface area contributed by atoms with Gasteiger partial charge in [0.15, 0.2) is 0 Å². The van der Waals surface area contributed by atoms with Crippen LogP contribution in [0.25, 0.3) is 0 Å². The third kappa shape index (κ3) is 5.60. The van der Waals surface area contributed by atoms with Crippen LogP contribution < -0.4 is 21.7 Å². The molecule has 0 aliphatic rings. The molecule has 3 aromatic rings. The number of rotatable bonds is 6. The Morgan fingerprint density at radius 3 is 2.34 bits per heavy atom. The number of nitrogens with one attached hydrogen (secondary N) is 3. The fraction of sp³-hybridized carbons (Fsp3) is 0.0952. The van der Waals surface area contributed by atoms with Crippen LogP contribution in [0.15, 0.2) is 73.1 Å². The molecule has 29 heavy (non-hydrogen) atoms. The summed E-state index contributed by atoms with van der Waals surface area (Å²) in [6, 6.07) is 15.0. The van der Waals surface area contributed by atoms with Crippen molar-refractivity contribution in [2.24, 2.45) is 5.73 Å². The monoisotopic (exact) mass is 393 g/mol. The van der Waals surface area contributed by atoms with Gasteiger partial charge in [0.05, 0.1) is 5.69 Å². The minimum absolute atomic E-state index is 0.0862. The minimum Gasteiger partial charge on any atom is -0.336 e. The van der Waals surface area contributed by atoms with Gasteiger partial charge in [-0.15, -0.1) is 0 Å². The van der Waals surface area contributed by atoms with Gasteiger partial charge in [-0.05, 0) is 42.0 Å². The molecule has 1 unspecified atom stereocenters. The summed E-state index contributed by atoms with van der Waals surface area (Å²) in [4.78, 5) is 28.1. The lowest BCUT2D eigenvalue weighted by Gasteiger charge is -2.14. The summed E-state index contributed by atoms with van der Waals surface area (Å²) >= 11 is 0. The standard InChI is InChI=1S/C21H20FN5O2/c22-17-3-1-2-4-19(17)27-21(29)25-13-18(23)14-5-7-15(8-6-14)20(28)26-16-9-11-24-12-10-16/h1-12,18H,13,23H2,(H,24,26,28)(H2,25,27,29). The van der Waals surface area contributed by atoms with Crippen LogP contribution in [0.1, 0.15) is 22.0 Å². The number of carbonyl (C=O) groups is 2. The molecule has 148 valence electrons. The first-order valence-electron chi connectivity index (χ1n) is 8.89. The van der Waals surface area contributed by atoms with Gasteiger partial charge in [0, 0.05) is 36.2 Å². The second-order valence-corrected chi connectivity index (χ2v) is 6.23. The number of carbonyl (C=O) groups excluding carboxylic acids is 2. The van der Waals surface area contributed by atoms with E-state index in [0.29, 0.717) is 11.3 Å². The van der Waals surface area contributed by atoms with E-state index in [1.54, 1.807) is 54.9 Å². The molecule has 1 heterocycles. The Kier molecular flexibility index (Phi) is 6.49. The topological polar surface area (TPSA) is 109 Å². The number of hydrogen-bond donors (Lipinski definition) is 4. The molecule has 2 aromatic carbocycles. The van der Waals surface area contributed by atoms with Crippen molar-refractivity contribution in [1.82, 2.24) is 10.3 Å². The van der Waals surface area contributed by atoms with Crippen molar-refractivity contribution in [3.05, 3.63) is 90.0 Å². The number of nitrogens with zero attached hydrogens (tertiary/aromatic N) is 1. The van der Waals surface area contributed by atoms with Crippen molar-refractivity contribution in [3.8, 4) is 0 Å². The first-order chi connectivity index (χ1) is 14.0. The number of halogens is 1. The Morgan fingerprint density at radius 2 is 1.66 bits per heavy atom. The minimum atomic E-state index is -0.557. The van der Waals surface area contributed by atoms with Crippen molar-refractivity contribution in [2.75, 3.05) is 17.2 Å². The summed E-state index contributed by atoms with van der Waals surface area (Å²) in [7, 11) is 0. The zero-order valence-corrected chi connectivity index (χ0v) is 15.4. The summed E-state index contributed by atoms with van der Waals surface area (Å²) in [6.45, 7) is 0.142. The maximum absolute atomic E-state index is 13.6. The summed E-state index contributed by atoms with van der Waals surface area (Å²) in [5.41, 5.74) is 8.05. The van der Waals surface area contributed by atoms with Crippen molar-refractivity contribution >= 4 is 23.3 Å². The van der Waals surface area contributed by atoms with Crippen molar-refractivity contribution < 1.29 is 14.0 Å². The Balaban J connectivity index is 1.52. The molecule has 1 atom stereocenters. The van der Waals surface area contributed by atoms with Crippen LogP contribution in [0.5, 0.6) is 0 Å². The van der Waals surface area contributed by atoms with Gasteiger partial charge in [-0.1, -0.05) is 24.3 Å². The predicted molar refractivity (Wildman–Crippen MR) is 109 cm³/mol. The number of nitrogens with two attached hydrogens (primary N) is 1. The van der Waals surface area contributed by atoms with Crippen molar-refractivity contribution in [1.29, 1.82) is 0 Å². The van der Waals surface area contributed by atoms with Gasteiger partial charge >= 0.3 is 6.03 Å². The molecule has 0 bridgehead atoms. The number of pyridine rings is 1. The number of para-hydroxylation sites is 1. The molecule has 0 fully saturated rings. The van der Waals surface area contributed by atoms with Crippen molar-refractivity contribution in [2.45, 2.75) is 6.04 Å². The molecule has 0 radical (unpaired) electrons. The van der Waals surface area contributed by atoms with E-state index >= 15 is 0 Å². The first kappa shape index (κ1) is 20.0. The molecule has 1 aromatic heterocycles. The van der Waals surface area contributed by atoms with Crippen LogP contribution in [-0.4, -0.2) is 23.5 Å². The summed E-state index contributed by atoms with van der Waals surface area (Å²) in [6.07, 6.45) is 3.18. The Morgan fingerprint density at radius 1 is 0.966 bits per heavy atom. The van der Waals surface area contributed by atoms with E-state index in [-0.39, 0.29) is 18.1 Å². The Labute approximate surface area is 167 Å². The third-order valence-corrected chi connectivity index (χ3v) is 4.14. The number of amides is 3. The van der Waals surface area contributed by atoms with Crippen LogP contribution in [0.2, 0.25) is 0 Å². The normalized spacial score (nSPS) is 11.4. The molecule has 0 aliphatic carbocycles. The van der Waals surface area contributed by atoms with E-state index in [4.69, 9.17) is 5.73 Å². The maximum Gasteiger partial charge on any atom is 0.319 e. The van der Waals surface area contributed by atoms with E-state index in [0.717, 1.165) is 5.56 Å². The Bertz CT molecular complexity index is 980. The quantitative estimate of drug-likeness (QED) is 0.515. The molecular formula is C21H20FN5O2. The largest absolute Gasteiger partial charge is 0.336 e. The molecule has 0 spiro atoms. The van der Waals surface area contributed by atoms with Gasteiger partial charge in [0.1, 0.15) is 5.82 Å². The second kappa shape index (κ2) is 9.43. The lowest BCUT2D eigenvalue weighted by molar-refractivity contribution is 0.102. The number of urea groups is 1. The molecule has 0 saturated heterocycles. The average molecular weight is 393 g/mol. The number of benzene rings is 2. The van der Waals surface area contributed by atoms with E-state index in [1.807, 2.05) is 0 Å². The van der Waals surface area contributed by atoms with Crippen LogP contribution >= 0.6 is 0 Å². The maximum atomic E-state index is 13.6. The summed E-state index contributed by atoms with van der Waals surface area (Å²) in [5, 5.41) is 7.79. The van der Waals surface area contributed by atoms with Crippen LogP contribution in [0.3, 0.4) is 0 Å². The summed E-state index contributed by atoms with van der Waals surface area (Å²) < 4.78 is 13.6. The zero-order valence-electron chi connectivity index (χ0n) is 15.4. The fourth-order valence-corrected chi connectivity index (χ4v) is 2.57. The van der Waals surface area contributed by atoms with Gasteiger partial charge in [-0.3, -0.25) is 9.78 Å². The number of hydrogen-bond acceptors (Lipinski definition) is 4. The SMILES string of the molecule is NC(CNC(=O)Nc1ccccc1F)c1ccc(C(=O)Nc2ccncc2)cc1. The van der Waals surface area contributed by atoms with Gasteiger partial charge in [-0.25, -0.2) is 9.18 Å². The molecule has 7 nitrogen and oxygen atoms in total. The van der Waals surface area contributed by atoms with E-state index in [1.165, 1.54) is 18.2 Å². The molecule has 0 saturated carbocycles. The number of anilines is 2. The molecule has 3 amide bonds. The second-order valence-electron chi connectivity index (χ2n) is 6.23. The molecule has 3 rings (SSSR count).